The Morgan fingerprint density at radius 1 is 1.35 bits per heavy atom. The Morgan fingerprint density at radius 3 is 2.78 bits per heavy atom. The van der Waals surface area contributed by atoms with E-state index < -0.39 is 0 Å². The number of fused-ring (bicyclic) bond motifs is 1. The van der Waals surface area contributed by atoms with E-state index in [2.05, 4.69) is 21.2 Å². The average molecular weight is 352 g/mol. The molecule has 0 aliphatic rings. The van der Waals surface area contributed by atoms with E-state index >= 15 is 0 Å². The second-order valence-electron chi connectivity index (χ2n) is 5.87. The number of hydrogen-bond donors (Lipinski definition) is 3. The molecule has 1 amide bonds. The Balaban J connectivity index is 1.98. The summed E-state index contributed by atoms with van der Waals surface area (Å²) in [4.78, 5) is 16.0. The van der Waals surface area contributed by atoms with Crippen LogP contribution in [-0.4, -0.2) is 25.9 Å². The van der Waals surface area contributed by atoms with E-state index in [0.29, 0.717) is 21.6 Å². The summed E-state index contributed by atoms with van der Waals surface area (Å²) in [7, 11) is 0. The number of carbonyl (C=O) groups is 1. The molecule has 0 saturated carbocycles. The van der Waals surface area contributed by atoms with Crippen LogP contribution in [0.25, 0.3) is 11.7 Å². The first-order chi connectivity index (χ1) is 10.8. The fraction of sp³-hybridized carbons (Fsp3) is 0.267. The minimum Gasteiger partial charge on any atom is -0.357 e. The molecule has 0 aliphatic heterocycles. The van der Waals surface area contributed by atoms with Gasteiger partial charge in [0.2, 0.25) is 0 Å². The first-order valence-electron chi connectivity index (χ1n) is 6.95. The smallest absolute Gasteiger partial charge is 0.262 e. The van der Waals surface area contributed by atoms with Gasteiger partial charge >= 0.3 is 0 Å². The third-order valence-corrected chi connectivity index (χ3v) is 3.18. The zero-order valence-corrected chi connectivity index (χ0v) is 14.6. The molecule has 0 fully saturated rings. The molecule has 122 valence electrons. The Morgan fingerprint density at radius 2 is 2.09 bits per heavy atom. The van der Waals surface area contributed by atoms with E-state index in [1.54, 1.807) is 10.5 Å². The minimum absolute atomic E-state index is 0.186. The number of nitrogens with one attached hydrogen (secondary N) is 3. The lowest BCUT2D eigenvalue weighted by atomic mass is 10.1. The molecule has 2 aromatic rings. The fourth-order valence-electron chi connectivity index (χ4n) is 1.82. The van der Waals surface area contributed by atoms with Crippen molar-refractivity contribution in [2.24, 2.45) is 0 Å². The van der Waals surface area contributed by atoms with Crippen LogP contribution in [0.15, 0.2) is 30.5 Å². The van der Waals surface area contributed by atoms with E-state index in [1.807, 2.05) is 45.2 Å². The Kier molecular flexibility index (Phi) is 5.23. The van der Waals surface area contributed by atoms with Crippen molar-refractivity contribution in [2.75, 3.05) is 0 Å². The van der Waals surface area contributed by atoms with Crippen molar-refractivity contribution in [3.05, 3.63) is 41.3 Å². The van der Waals surface area contributed by atoms with Crippen LogP contribution < -0.4 is 16.2 Å². The molecule has 0 atom stereocenters. The molecule has 0 unspecified atom stereocenters. The van der Waals surface area contributed by atoms with Gasteiger partial charge in [-0.15, -0.1) is 0 Å². The number of rotatable bonds is 2. The topological polar surface area (TPSA) is 70.5 Å². The monoisotopic (exact) mass is 351 g/mol. The molecule has 0 aliphatic carbocycles. The molecule has 2 heterocycles. The van der Waals surface area contributed by atoms with E-state index in [1.165, 1.54) is 6.08 Å². The number of halogens is 1. The largest absolute Gasteiger partial charge is 0.357 e. The fourth-order valence-corrected chi connectivity index (χ4v) is 2.42. The van der Waals surface area contributed by atoms with Crippen molar-refractivity contribution < 1.29 is 4.79 Å². The van der Waals surface area contributed by atoms with Crippen molar-refractivity contribution in [2.45, 2.75) is 26.3 Å². The van der Waals surface area contributed by atoms with Gasteiger partial charge in [0.15, 0.2) is 10.3 Å². The molecule has 6 nitrogen and oxygen atoms in total. The predicted octanol–water partition coefficient (Wildman–Crippen LogP) is 2.29. The molecule has 0 saturated heterocycles. The third kappa shape index (κ3) is 4.94. The van der Waals surface area contributed by atoms with Crippen LogP contribution in [0, 0.1) is 0 Å². The Hall–Kier alpha value is -2.12. The lowest BCUT2D eigenvalue weighted by molar-refractivity contribution is -0.117. The number of imidazole rings is 1. The van der Waals surface area contributed by atoms with Crippen LogP contribution in [0.5, 0.6) is 0 Å². The van der Waals surface area contributed by atoms with Crippen LogP contribution in [0.2, 0.25) is 5.15 Å². The summed E-state index contributed by atoms with van der Waals surface area (Å²) in [6.07, 6.45) is 4.78. The van der Waals surface area contributed by atoms with Crippen molar-refractivity contribution in [1.29, 1.82) is 0 Å². The van der Waals surface area contributed by atoms with Gasteiger partial charge in [-0.05, 0) is 51.2 Å². The number of nitrogens with zero attached hydrogens (tertiary/aromatic N) is 2. The third-order valence-electron chi connectivity index (χ3n) is 2.70. The molecule has 2 rings (SSSR count). The van der Waals surface area contributed by atoms with Gasteiger partial charge in [-0.3, -0.25) is 20.0 Å². The van der Waals surface area contributed by atoms with E-state index in [4.69, 9.17) is 23.8 Å². The van der Waals surface area contributed by atoms with Crippen LogP contribution in [-0.2, 0) is 4.79 Å². The van der Waals surface area contributed by atoms with E-state index in [9.17, 15) is 4.79 Å². The summed E-state index contributed by atoms with van der Waals surface area (Å²) in [5, 5.41) is 3.70. The summed E-state index contributed by atoms with van der Waals surface area (Å²) >= 11 is 11.2. The quantitative estimate of drug-likeness (QED) is 0.440. The second kappa shape index (κ2) is 6.97. The van der Waals surface area contributed by atoms with Gasteiger partial charge in [0, 0.05) is 17.8 Å². The highest BCUT2D eigenvalue weighted by atomic mass is 35.5. The predicted molar refractivity (Wildman–Crippen MR) is 96.0 cm³/mol. The van der Waals surface area contributed by atoms with Crippen molar-refractivity contribution >= 4 is 46.6 Å². The first kappa shape index (κ1) is 17.2. The SMILES string of the molecule is CC(C)(C)NC(=S)NNC(=O)/C=C/c1c(Cl)nc2ccccn12. The number of pyridine rings is 1. The summed E-state index contributed by atoms with van der Waals surface area (Å²) in [5.74, 6) is -0.356. The number of thiocarbonyl (C=S) groups is 1. The maximum atomic E-state index is 11.8. The Labute approximate surface area is 144 Å². The summed E-state index contributed by atoms with van der Waals surface area (Å²) < 4.78 is 1.80. The maximum Gasteiger partial charge on any atom is 0.262 e. The number of amides is 1. The minimum atomic E-state index is -0.356. The van der Waals surface area contributed by atoms with Crippen LogP contribution in [0.4, 0.5) is 0 Å². The zero-order chi connectivity index (χ0) is 17.0. The molecule has 23 heavy (non-hydrogen) atoms. The van der Waals surface area contributed by atoms with Crippen LogP contribution >= 0.6 is 23.8 Å². The van der Waals surface area contributed by atoms with Gasteiger partial charge in [-0.25, -0.2) is 4.98 Å². The number of hydrogen-bond acceptors (Lipinski definition) is 3. The van der Waals surface area contributed by atoms with E-state index in [0.717, 1.165) is 0 Å². The van der Waals surface area contributed by atoms with Gasteiger partial charge < -0.3 is 5.32 Å². The molecule has 2 aromatic heterocycles. The summed E-state index contributed by atoms with van der Waals surface area (Å²) in [6.45, 7) is 5.90. The van der Waals surface area contributed by atoms with Gasteiger partial charge in [-0.1, -0.05) is 17.7 Å². The molecule has 0 bridgehead atoms. The van der Waals surface area contributed by atoms with Gasteiger partial charge in [0.25, 0.3) is 5.91 Å². The highest BCUT2D eigenvalue weighted by molar-refractivity contribution is 7.80. The summed E-state index contributed by atoms with van der Waals surface area (Å²) in [5.41, 5.74) is 6.28. The number of hydrazine groups is 1. The van der Waals surface area contributed by atoms with Crippen molar-refractivity contribution in [3.63, 3.8) is 0 Å². The van der Waals surface area contributed by atoms with Crippen molar-refractivity contribution in [3.8, 4) is 0 Å². The second-order valence-corrected chi connectivity index (χ2v) is 6.63. The van der Waals surface area contributed by atoms with Crippen LogP contribution in [0.3, 0.4) is 0 Å². The molecular formula is C15H18ClN5OS. The van der Waals surface area contributed by atoms with Gasteiger partial charge in [-0.2, -0.15) is 0 Å². The molecule has 0 aromatic carbocycles. The standard InChI is InChI=1S/C15H18ClN5OS/c1-15(2,3)18-14(23)20-19-12(22)8-7-10-13(16)17-11-6-4-5-9-21(10)11/h4-9H,1-3H3,(H,19,22)(H2,18,20,23)/b8-7+. The first-order valence-corrected chi connectivity index (χ1v) is 7.74. The molecule has 8 heteroatoms. The van der Waals surface area contributed by atoms with E-state index in [-0.39, 0.29) is 11.4 Å². The normalized spacial score (nSPS) is 11.7. The molecular weight excluding hydrogens is 334 g/mol. The summed E-state index contributed by atoms with van der Waals surface area (Å²) in [6, 6.07) is 5.56. The van der Waals surface area contributed by atoms with Crippen molar-refractivity contribution in [1.82, 2.24) is 25.6 Å². The van der Waals surface area contributed by atoms with Gasteiger partial charge in [0.1, 0.15) is 5.65 Å². The highest BCUT2D eigenvalue weighted by Crippen LogP contribution is 2.18. The molecule has 0 spiro atoms. The average Bonchev–Trinajstić information content (AvgIpc) is 2.76. The zero-order valence-electron chi connectivity index (χ0n) is 13.1. The highest BCUT2D eigenvalue weighted by Gasteiger charge is 2.11. The lowest BCUT2D eigenvalue weighted by Gasteiger charge is -2.22. The van der Waals surface area contributed by atoms with Gasteiger partial charge in [0.05, 0.1) is 5.69 Å². The lowest BCUT2D eigenvalue weighted by Crippen LogP contribution is -2.51. The number of aromatic nitrogens is 2. The number of carbonyl (C=O) groups excluding carboxylic acids is 1. The maximum absolute atomic E-state index is 11.8. The molecule has 3 N–H and O–H groups in total. The van der Waals surface area contributed by atoms with Crippen LogP contribution in [0.1, 0.15) is 26.5 Å². The Bertz CT molecular complexity index is 763. The molecule has 0 radical (unpaired) electrons.